The van der Waals surface area contributed by atoms with E-state index in [2.05, 4.69) is 0 Å². The Bertz CT molecular complexity index is 548. The van der Waals surface area contributed by atoms with Crippen LogP contribution in [0, 0.1) is 6.92 Å². The van der Waals surface area contributed by atoms with Crippen LogP contribution in [0.2, 0.25) is 5.02 Å². The molecule has 1 fully saturated rings. The summed E-state index contributed by atoms with van der Waals surface area (Å²) in [6.07, 6.45) is 2.42. The third-order valence-corrected chi connectivity index (χ3v) is 3.87. The number of hydrogen-bond donors (Lipinski definition) is 1. The summed E-state index contributed by atoms with van der Waals surface area (Å²) in [4.78, 5) is 25.2. The van der Waals surface area contributed by atoms with Crippen LogP contribution < -0.4 is 10.5 Å². The Morgan fingerprint density at radius 2 is 2.19 bits per heavy atom. The SMILES string of the molecule is Cc1cc(Cl)ccc1OCC(=O)N1CCCCC1C(N)=O. The van der Waals surface area contributed by atoms with Crippen molar-refractivity contribution < 1.29 is 14.3 Å². The molecule has 5 nitrogen and oxygen atoms in total. The molecule has 6 heteroatoms. The Hall–Kier alpha value is -1.75. The fourth-order valence-corrected chi connectivity index (χ4v) is 2.75. The molecule has 2 amide bonds. The van der Waals surface area contributed by atoms with Gasteiger partial charge in [-0.25, -0.2) is 0 Å². The van der Waals surface area contributed by atoms with Crippen LogP contribution in [0.5, 0.6) is 5.75 Å². The highest BCUT2D eigenvalue weighted by molar-refractivity contribution is 6.30. The highest BCUT2D eigenvalue weighted by Gasteiger charge is 2.30. The first-order valence-electron chi connectivity index (χ1n) is 6.97. The lowest BCUT2D eigenvalue weighted by atomic mass is 10.0. The van der Waals surface area contributed by atoms with Crippen LogP contribution in [0.25, 0.3) is 0 Å². The number of primary amides is 1. The zero-order valence-electron chi connectivity index (χ0n) is 12.0. The Morgan fingerprint density at radius 3 is 2.86 bits per heavy atom. The molecule has 1 heterocycles. The van der Waals surface area contributed by atoms with Crippen molar-refractivity contribution in [2.24, 2.45) is 5.73 Å². The Kier molecular flexibility index (Phi) is 5.07. The van der Waals surface area contributed by atoms with Crippen LogP contribution in [-0.4, -0.2) is 35.9 Å². The van der Waals surface area contributed by atoms with Crippen LogP contribution in [0.4, 0.5) is 0 Å². The third-order valence-electron chi connectivity index (χ3n) is 3.64. The molecule has 0 bridgehead atoms. The zero-order chi connectivity index (χ0) is 15.4. The molecule has 1 saturated heterocycles. The molecule has 2 rings (SSSR count). The van der Waals surface area contributed by atoms with Gasteiger partial charge in [-0.1, -0.05) is 11.6 Å². The highest BCUT2D eigenvalue weighted by atomic mass is 35.5. The second kappa shape index (κ2) is 6.80. The van der Waals surface area contributed by atoms with Crippen LogP contribution in [-0.2, 0) is 9.59 Å². The number of aryl methyl sites for hydroxylation is 1. The average molecular weight is 311 g/mol. The van der Waals surface area contributed by atoms with E-state index in [4.69, 9.17) is 22.1 Å². The lowest BCUT2D eigenvalue weighted by Gasteiger charge is -2.33. The molecule has 1 aliphatic rings. The molecule has 1 aliphatic heterocycles. The van der Waals surface area contributed by atoms with E-state index >= 15 is 0 Å². The minimum Gasteiger partial charge on any atom is -0.483 e. The van der Waals surface area contributed by atoms with Crippen molar-refractivity contribution in [3.8, 4) is 5.75 Å². The maximum atomic E-state index is 12.2. The molecule has 2 N–H and O–H groups in total. The van der Waals surface area contributed by atoms with Crippen molar-refractivity contribution in [2.75, 3.05) is 13.2 Å². The predicted octanol–water partition coefficient (Wildman–Crippen LogP) is 1.89. The van der Waals surface area contributed by atoms with E-state index in [9.17, 15) is 9.59 Å². The normalized spacial score (nSPS) is 18.4. The molecule has 0 spiro atoms. The van der Waals surface area contributed by atoms with Gasteiger partial charge in [0.25, 0.3) is 5.91 Å². The minimum atomic E-state index is -0.513. The van der Waals surface area contributed by atoms with Crippen molar-refractivity contribution >= 4 is 23.4 Å². The molecular weight excluding hydrogens is 292 g/mol. The smallest absolute Gasteiger partial charge is 0.261 e. The number of hydrogen-bond acceptors (Lipinski definition) is 3. The Labute approximate surface area is 129 Å². The number of carbonyl (C=O) groups excluding carboxylic acids is 2. The van der Waals surface area contributed by atoms with Gasteiger partial charge in [-0.3, -0.25) is 9.59 Å². The summed E-state index contributed by atoms with van der Waals surface area (Å²) in [5.41, 5.74) is 6.22. The summed E-state index contributed by atoms with van der Waals surface area (Å²) < 4.78 is 5.53. The van der Waals surface area contributed by atoms with Gasteiger partial charge in [0.2, 0.25) is 5.91 Å². The second-order valence-corrected chi connectivity index (χ2v) is 5.64. The van der Waals surface area contributed by atoms with E-state index < -0.39 is 11.9 Å². The quantitative estimate of drug-likeness (QED) is 0.923. The molecule has 0 aliphatic carbocycles. The van der Waals surface area contributed by atoms with Crippen molar-refractivity contribution in [1.29, 1.82) is 0 Å². The minimum absolute atomic E-state index is 0.105. The number of nitrogens with zero attached hydrogens (tertiary/aromatic N) is 1. The summed E-state index contributed by atoms with van der Waals surface area (Å²) in [7, 11) is 0. The predicted molar refractivity (Wildman–Crippen MR) is 80.2 cm³/mol. The molecule has 1 aromatic carbocycles. The molecule has 0 radical (unpaired) electrons. The van der Waals surface area contributed by atoms with Crippen molar-refractivity contribution in [3.05, 3.63) is 28.8 Å². The van der Waals surface area contributed by atoms with Crippen LogP contribution >= 0.6 is 11.6 Å². The summed E-state index contributed by atoms with van der Waals surface area (Å²) in [5, 5.41) is 0.621. The highest BCUT2D eigenvalue weighted by Crippen LogP contribution is 2.22. The van der Waals surface area contributed by atoms with Gasteiger partial charge in [-0.2, -0.15) is 0 Å². The summed E-state index contributed by atoms with van der Waals surface area (Å²) in [6.45, 7) is 2.31. The molecule has 114 valence electrons. The number of amides is 2. The fraction of sp³-hybridized carbons (Fsp3) is 0.467. The lowest BCUT2D eigenvalue weighted by Crippen LogP contribution is -2.51. The monoisotopic (exact) mass is 310 g/mol. The van der Waals surface area contributed by atoms with E-state index in [1.165, 1.54) is 4.90 Å². The Morgan fingerprint density at radius 1 is 1.43 bits per heavy atom. The average Bonchev–Trinajstić information content (AvgIpc) is 2.46. The number of halogens is 1. The van der Waals surface area contributed by atoms with E-state index in [0.717, 1.165) is 18.4 Å². The first-order chi connectivity index (χ1) is 9.99. The van der Waals surface area contributed by atoms with E-state index in [-0.39, 0.29) is 12.5 Å². The number of piperidine rings is 1. The lowest BCUT2D eigenvalue weighted by molar-refractivity contribution is -0.142. The van der Waals surface area contributed by atoms with E-state index in [1.807, 2.05) is 6.92 Å². The summed E-state index contributed by atoms with van der Waals surface area (Å²) >= 11 is 5.87. The molecular formula is C15H19ClN2O3. The van der Waals surface area contributed by atoms with Crippen molar-refractivity contribution in [2.45, 2.75) is 32.2 Å². The second-order valence-electron chi connectivity index (χ2n) is 5.20. The van der Waals surface area contributed by atoms with Crippen molar-refractivity contribution in [1.82, 2.24) is 4.90 Å². The van der Waals surface area contributed by atoms with Crippen LogP contribution in [0.15, 0.2) is 18.2 Å². The van der Waals surface area contributed by atoms with E-state index in [1.54, 1.807) is 18.2 Å². The standard InChI is InChI=1S/C15H19ClN2O3/c1-10-8-11(16)5-6-13(10)21-9-14(19)18-7-3-2-4-12(18)15(17)20/h5-6,8,12H,2-4,7,9H2,1H3,(H2,17,20). The maximum absolute atomic E-state index is 12.2. The van der Waals surface area contributed by atoms with Gasteiger partial charge in [0.15, 0.2) is 6.61 Å². The summed E-state index contributed by atoms with van der Waals surface area (Å²) in [5.74, 6) is -0.0565. The number of nitrogens with two attached hydrogens (primary N) is 1. The molecule has 21 heavy (non-hydrogen) atoms. The topological polar surface area (TPSA) is 72.6 Å². The maximum Gasteiger partial charge on any atom is 0.261 e. The fourth-order valence-electron chi connectivity index (χ4n) is 2.52. The van der Waals surface area contributed by atoms with Gasteiger partial charge < -0.3 is 15.4 Å². The molecule has 1 atom stereocenters. The molecule has 0 aromatic heterocycles. The van der Waals surface area contributed by atoms with E-state index in [0.29, 0.717) is 23.7 Å². The molecule has 1 aromatic rings. The molecule has 0 saturated carbocycles. The third kappa shape index (κ3) is 3.88. The zero-order valence-corrected chi connectivity index (χ0v) is 12.7. The summed E-state index contributed by atoms with van der Waals surface area (Å²) in [6, 6.07) is 4.70. The number of benzene rings is 1. The number of ether oxygens (including phenoxy) is 1. The van der Waals surface area contributed by atoms with Crippen LogP contribution in [0.3, 0.4) is 0 Å². The van der Waals surface area contributed by atoms with Gasteiger partial charge in [0.1, 0.15) is 11.8 Å². The number of carbonyl (C=O) groups is 2. The van der Waals surface area contributed by atoms with Gasteiger partial charge in [-0.05, 0) is 49.9 Å². The van der Waals surface area contributed by atoms with Gasteiger partial charge >= 0.3 is 0 Å². The number of rotatable bonds is 4. The Balaban J connectivity index is 1.98. The molecule has 1 unspecified atom stereocenters. The van der Waals surface area contributed by atoms with Crippen molar-refractivity contribution in [3.63, 3.8) is 0 Å². The largest absolute Gasteiger partial charge is 0.483 e. The van der Waals surface area contributed by atoms with Gasteiger partial charge in [-0.15, -0.1) is 0 Å². The van der Waals surface area contributed by atoms with Crippen LogP contribution in [0.1, 0.15) is 24.8 Å². The first-order valence-corrected chi connectivity index (χ1v) is 7.34. The van der Waals surface area contributed by atoms with Gasteiger partial charge in [0, 0.05) is 11.6 Å². The van der Waals surface area contributed by atoms with Gasteiger partial charge in [0.05, 0.1) is 0 Å². The number of likely N-dealkylation sites (tertiary alicyclic amines) is 1. The first kappa shape index (κ1) is 15.6.